The first-order valence-corrected chi connectivity index (χ1v) is 8.32. The van der Waals surface area contributed by atoms with E-state index >= 15 is 0 Å². The zero-order valence-electron chi connectivity index (χ0n) is 13.8. The van der Waals surface area contributed by atoms with Gasteiger partial charge >= 0.3 is 0 Å². The Hall–Kier alpha value is -2.80. The maximum atomic E-state index is 13.2. The normalized spacial score (nSPS) is 15.5. The Labute approximate surface area is 145 Å². The van der Waals surface area contributed by atoms with Crippen molar-refractivity contribution in [2.45, 2.75) is 6.54 Å². The van der Waals surface area contributed by atoms with Gasteiger partial charge in [0.05, 0.1) is 12.0 Å². The fourth-order valence-electron chi connectivity index (χ4n) is 3.00. The third-order valence-electron chi connectivity index (χ3n) is 4.34. The summed E-state index contributed by atoms with van der Waals surface area (Å²) in [6.07, 6.45) is 5.37. The molecule has 0 N–H and O–H groups in total. The molecular weight excluding hydrogens is 319 g/mol. The summed E-state index contributed by atoms with van der Waals surface area (Å²) in [6.45, 7) is 4.11. The molecule has 1 aliphatic rings. The molecule has 1 aromatic carbocycles. The van der Waals surface area contributed by atoms with Gasteiger partial charge in [-0.05, 0) is 12.1 Å². The van der Waals surface area contributed by atoms with Crippen molar-refractivity contribution in [3.63, 3.8) is 0 Å². The fourth-order valence-corrected chi connectivity index (χ4v) is 3.00. The Kier molecular flexibility index (Phi) is 4.39. The number of nitrogens with zero attached hydrogens (tertiary/aromatic N) is 6. The molecule has 0 radical (unpaired) electrons. The lowest BCUT2D eigenvalue weighted by Crippen LogP contribution is -2.46. The Balaban J connectivity index is 1.35. The molecule has 1 aliphatic heterocycles. The summed E-state index contributed by atoms with van der Waals surface area (Å²) in [5.41, 5.74) is 2.15. The molecular formula is C18H19FN6. The van der Waals surface area contributed by atoms with Crippen LogP contribution in [0.25, 0.3) is 5.69 Å². The van der Waals surface area contributed by atoms with Gasteiger partial charge in [0.2, 0.25) is 11.9 Å². The molecule has 3 heterocycles. The van der Waals surface area contributed by atoms with Gasteiger partial charge in [0.25, 0.3) is 0 Å². The number of piperazine rings is 1. The van der Waals surface area contributed by atoms with Crippen LogP contribution >= 0.6 is 0 Å². The van der Waals surface area contributed by atoms with Crippen LogP contribution in [-0.4, -0.2) is 50.6 Å². The lowest BCUT2D eigenvalue weighted by Gasteiger charge is -2.34. The van der Waals surface area contributed by atoms with Crippen molar-refractivity contribution in [3.05, 3.63) is 66.8 Å². The van der Waals surface area contributed by atoms with Crippen molar-refractivity contribution < 1.29 is 4.39 Å². The zero-order valence-corrected chi connectivity index (χ0v) is 13.8. The van der Waals surface area contributed by atoms with E-state index < -0.39 is 5.95 Å². The first-order chi connectivity index (χ1) is 12.3. The smallest absolute Gasteiger partial charge is 0.228 e. The summed E-state index contributed by atoms with van der Waals surface area (Å²) < 4.78 is 15.3. The van der Waals surface area contributed by atoms with Crippen LogP contribution in [-0.2, 0) is 6.54 Å². The van der Waals surface area contributed by atoms with E-state index in [1.54, 1.807) is 0 Å². The fraction of sp³-hybridized carbons (Fsp3) is 0.278. The van der Waals surface area contributed by atoms with Crippen LogP contribution in [0.15, 0.2) is 55.1 Å². The van der Waals surface area contributed by atoms with Crippen LogP contribution in [0.4, 0.5) is 10.3 Å². The van der Waals surface area contributed by atoms with E-state index in [4.69, 9.17) is 0 Å². The van der Waals surface area contributed by atoms with Crippen LogP contribution < -0.4 is 4.90 Å². The van der Waals surface area contributed by atoms with Crippen LogP contribution in [0.5, 0.6) is 0 Å². The van der Waals surface area contributed by atoms with Gasteiger partial charge in [-0.15, -0.1) is 0 Å². The number of rotatable bonds is 4. The molecule has 7 heteroatoms. The van der Waals surface area contributed by atoms with E-state index in [-0.39, 0.29) is 0 Å². The second-order valence-corrected chi connectivity index (χ2v) is 6.05. The third-order valence-corrected chi connectivity index (χ3v) is 4.34. The number of hydrogen-bond acceptors (Lipinski definition) is 5. The molecule has 25 heavy (non-hydrogen) atoms. The van der Waals surface area contributed by atoms with Crippen molar-refractivity contribution in [3.8, 4) is 5.69 Å². The summed E-state index contributed by atoms with van der Waals surface area (Å²) in [6, 6.07) is 11.4. The van der Waals surface area contributed by atoms with Crippen LogP contribution in [0.1, 0.15) is 5.69 Å². The molecule has 0 atom stereocenters. The van der Waals surface area contributed by atoms with Gasteiger partial charge in [0, 0.05) is 56.9 Å². The Morgan fingerprint density at radius 2 is 1.76 bits per heavy atom. The van der Waals surface area contributed by atoms with Crippen LogP contribution in [0.2, 0.25) is 0 Å². The van der Waals surface area contributed by atoms with E-state index in [1.807, 2.05) is 34.0 Å². The first kappa shape index (κ1) is 15.7. The highest BCUT2D eigenvalue weighted by molar-refractivity contribution is 5.32. The monoisotopic (exact) mass is 338 g/mol. The van der Waals surface area contributed by atoms with Gasteiger partial charge in [0.1, 0.15) is 0 Å². The standard InChI is InChI=1S/C18H19FN6/c19-17-6-7-20-18(22-17)24-10-8-23(9-11-24)12-15-13-25(14-21-15)16-4-2-1-3-5-16/h1-7,13-14H,8-12H2. The molecule has 3 aromatic rings. The highest BCUT2D eigenvalue weighted by atomic mass is 19.1. The van der Waals surface area contributed by atoms with Crippen LogP contribution in [0, 0.1) is 5.95 Å². The van der Waals surface area contributed by atoms with E-state index in [0.29, 0.717) is 5.95 Å². The second kappa shape index (κ2) is 6.98. The Bertz CT molecular complexity index is 826. The van der Waals surface area contributed by atoms with Gasteiger partial charge < -0.3 is 9.47 Å². The summed E-state index contributed by atoms with van der Waals surface area (Å²) in [5, 5.41) is 0. The zero-order chi connectivity index (χ0) is 17.1. The average molecular weight is 338 g/mol. The highest BCUT2D eigenvalue weighted by Crippen LogP contribution is 2.14. The quantitative estimate of drug-likeness (QED) is 0.682. The minimum Gasteiger partial charge on any atom is -0.338 e. The maximum Gasteiger partial charge on any atom is 0.228 e. The van der Waals surface area contributed by atoms with E-state index in [2.05, 4.69) is 38.2 Å². The summed E-state index contributed by atoms with van der Waals surface area (Å²) in [5.74, 6) is -0.0214. The van der Waals surface area contributed by atoms with Gasteiger partial charge in [-0.1, -0.05) is 18.2 Å². The van der Waals surface area contributed by atoms with Crippen molar-refractivity contribution >= 4 is 5.95 Å². The van der Waals surface area contributed by atoms with Gasteiger partial charge in [-0.2, -0.15) is 9.37 Å². The number of aromatic nitrogens is 4. The first-order valence-electron chi connectivity index (χ1n) is 8.32. The predicted octanol–water partition coefficient (Wildman–Crippen LogP) is 2.12. The molecule has 0 aliphatic carbocycles. The molecule has 0 bridgehead atoms. The van der Waals surface area contributed by atoms with E-state index in [0.717, 1.165) is 44.1 Å². The number of halogens is 1. The third kappa shape index (κ3) is 3.66. The molecule has 0 saturated carbocycles. The summed E-state index contributed by atoms with van der Waals surface area (Å²) in [4.78, 5) is 16.9. The van der Waals surface area contributed by atoms with E-state index in [1.165, 1.54) is 12.3 Å². The predicted molar refractivity (Wildman–Crippen MR) is 93.0 cm³/mol. The van der Waals surface area contributed by atoms with Gasteiger partial charge in [0.15, 0.2) is 0 Å². The lowest BCUT2D eigenvalue weighted by atomic mass is 10.3. The highest BCUT2D eigenvalue weighted by Gasteiger charge is 2.20. The van der Waals surface area contributed by atoms with Crippen molar-refractivity contribution in [1.82, 2.24) is 24.4 Å². The summed E-state index contributed by atoms with van der Waals surface area (Å²) in [7, 11) is 0. The number of imidazole rings is 1. The Morgan fingerprint density at radius 3 is 2.52 bits per heavy atom. The number of benzene rings is 1. The molecule has 6 nitrogen and oxygen atoms in total. The van der Waals surface area contributed by atoms with Crippen molar-refractivity contribution in [2.75, 3.05) is 31.1 Å². The average Bonchev–Trinajstić information content (AvgIpc) is 3.12. The molecule has 4 rings (SSSR count). The van der Waals surface area contributed by atoms with Gasteiger partial charge in [-0.25, -0.2) is 9.97 Å². The van der Waals surface area contributed by atoms with Crippen molar-refractivity contribution in [1.29, 1.82) is 0 Å². The number of para-hydroxylation sites is 1. The molecule has 2 aromatic heterocycles. The topological polar surface area (TPSA) is 50.1 Å². The molecule has 0 unspecified atom stereocenters. The minimum absolute atomic E-state index is 0.466. The minimum atomic E-state index is -0.487. The largest absolute Gasteiger partial charge is 0.338 e. The molecule has 1 saturated heterocycles. The SMILES string of the molecule is Fc1ccnc(N2CCN(Cc3cn(-c4ccccc4)cn3)CC2)n1. The Morgan fingerprint density at radius 1 is 0.960 bits per heavy atom. The number of hydrogen-bond donors (Lipinski definition) is 0. The van der Waals surface area contributed by atoms with Crippen molar-refractivity contribution in [2.24, 2.45) is 0 Å². The van der Waals surface area contributed by atoms with Gasteiger partial charge in [-0.3, -0.25) is 4.90 Å². The number of anilines is 1. The molecule has 0 spiro atoms. The lowest BCUT2D eigenvalue weighted by molar-refractivity contribution is 0.246. The molecule has 1 fully saturated rings. The second-order valence-electron chi connectivity index (χ2n) is 6.05. The summed E-state index contributed by atoms with van der Waals surface area (Å²) >= 11 is 0. The van der Waals surface area contributed by atoms with E-state index in [9.17, 15) is 4.39 Å². The molecule has 128 valence electrons. The maximum absolute atomic E-state index is 13.2. The molecule has 0 amide bonds. The van der Waals surface area contributed by atoms with Crippen LogP contribution in [0.3, 0.4) is 0 Å².